The summed E-state index contributed by atoms with van der Waals surface area (Å²) in [7, 11) is 0. The highest BCUT2D eigenvalue weighted by atomic mass is 16.4. The second-order valence-corrected chi connectivity index (χ2v) is 5.05. The zero-order chi connectivity index (χ0) is 13.8. The Labute approximate surface area is 112 Å². The molecular weight excluding hydrogens is 244 g/mol. The fourth-order valence-electron chi connectivity index (χ4n) is 2.19. The van der Waals surface area contributed by atoms with Crippen LogP contribution in [-0.4, -0.2) is 40.0 Å². The molecule has 0 bridgehead atoms. The SMILES string of the molecule is CC(C(=O)O)C1CN(C(=O)CCc2cccnc2)C1. The van der Waals surface area contributed by atoms with E-state index in [-0.39, 0.29) is 17.7 Å². The number of amides is 1. The van der Waals surface area contributed by atoms with Crippen LogP contribution < -0.4 is 0 Å². The van der Waals surface area contributed by atoms with Gasteiger partial charge in [-0.25, -0.2) is 0 Å². The average molecular weight is 262 g/mol. The van der Waals surface area contributed by atoms with Crippen molar-refractivity contribution in [1.82, 2.24) is 9.88 Å². The quantitative estimate of drug-likeness (QED) is 0.865. The summed E-state index contributed by atoms with van der Waals surface area (Å²) in [6.45, 7) is 2.84. The van der Waals surface area contributed by atoms with Crippen LogP contribution in [0.3, 0.4) is 0 Å². The number of aliphatic carboxylic acids is 1. The van der Waals surface area contributed by atoms with Gasteiger partial charge in [-0.2, -0.15) is 0 Å². The number of pyridine rings is 1. The Morgan fingerprint density at radius 3 is 2.84 bits per heavy atom. The molecule has 1 N–H and O–H groups in total. The number of rotatable bonds is 5. The maximum absolute atomic E-state index is 11.9. The van der Waals surface area contributed by atoms with Gasteiger partial charge in [-0.3, -0.25) is 14.6 Å². The van der Waals surface area contributed by atoms with Crippen LogP contribution in [-0.2, 0) is 16.0 Å². The Morgan fingerprint density at radius 2 is 2.26 bits per heavy atom. The molecule has 1 aliphatic rings. The van der Waals surface area contributed by atoms with E-state index < -0.39 is 5.97 Å². The lowest BCUT2D eigenvalue weighted by Gasteiger charge is -2.41. The van der Waals surface area contributed by atoms with Crippen LogP contribution in [0.4, 0.5) is 0 Å². The Hall–Kier alpha value is -1.91. The van der Waals surface area contributed by atoms with Crippen LogP contribution in [0.2, 0.25) is 0 Å². The highest BCUT2D eigenvalue weighted by Crippen LogP contribution is 2.24. The van der Waals surface area contributed by atoms with Gasteiger partial charge in [0.15, 0.2) is 0 Å². The van der Waals surface area contributed by atoms with Crippen LogP contribution in [0.25, 0.3) is 0 Å². The molecule has 0 saturated carbocycles. The van der Waals surface area contributed by atoms with E-state index in [0.29, 0.717) is 25.9 Å². The van der Waals surface area contributed by atoms with Gasteiger partial charge in [-0.15, -0.1) is 0 Å². The predicted molar refractivity (Wildman–Crippen MR) is 69.4 cm³/mol. The highest BCUT2D eigenvalue weighted by Gasteiger charge is 2.36. The van der Waals surface area contributed by atoms with Crippen molar-refractivity contribution in [3.8, 4) is 0 Å². The summed E-state index contributed by atoms with van der Waals surface area (Å²) in [5.41, 5.74) is 1.05. The smallest absolute Gasteiger partial charge is 0.306 e. The molecule has 1 aliphatic heterocycles. The number of carbonyl (C=O) groups excluding carboxylic acids is 1. The Kier molecular flexibility index (Phi) is 4.14. The summed E-state index contributed by atoms with van der Waals surface area (Å²) in [5.74, 6) is -0.965. The molecule has 2 rings (SSSR count). The van der Waals surface area contributed by atoms with E-state index in [1.807, 2.05) is 12.1 Å². The Morgan fingerprint density at radius 1 is 1.53 bits per heavy atom. The van der Waals surface area contributed by atoms with Gasteiger partial charge in [0.25, 0.3) is 0 Å². The standard InChI is InChI=1S/C14H18N2O3/c1-10(14(18)19)12-8-16(9-12)13(17)5-4-11-3-2-6-15-7-11/h2-3,6-7,10,12H,4-5,8-9H2,1H3,(H,18,19). The minimum absolute atomic E-state index is 0.0951. The monoisotopic (exact) mass is 262 g/mol. The van der Waals surface area contributed by atoms with E-state index in [9.17, 15) is 9.59 Å². The number of carboxylic acids is 1. The number of hydrogen-bond donors (Lipinski definition) is 1. The largest absolute Gasteiger partial charge is 0.481 e. The molecule has 0 spiro atoms. The fraction of sp³-hybridized carbons (Fsp3) is 0.500. The van der Waals surface area contributed by atoms with Crippen molar-refractivity contribution >= 4 is 11.9 Å². The number of carbonyl (C=O) groups is 2. The van der Waals surface area contributed by atoms with E-state index >= 15 is 0 Å². The molecule has 1 amide bonds. The lowest BCUT2D eigenvalue weighted by molar-refractivity contribution is -0.150. The molecule has 1 aromatic heterocycles. The van der Waals surface area contributed by atoms with Crippen LogP contribution in [0.5, 0.6) is 0 Å². The van der Waals surface area contributed by atoms with Gasteiger partial charge in [0.2, 0.25) is 5.91 Å². The molecule has 5 nitrogen and oxygen atoms in total. The topological polar surface area (TPSA) is 70.5 Å². The first-order chi connectivity index (χ1) is 9.08. The summed E-state index contributed by atoms with van der Waals surface area (Å²) >= 11 is 0. The van der Waals surface area contributed by atoms with E-state index in [0.717, 1.165) is 5.56 Å². The van der Waals surface area contributed by atoms with Gasteiger partial charge < -0.3 is 10.0 Å². The van der Waals surface area contributed by atoms with Crippen molar-refractivity contribution in [2.45, 2.75) is 19.8 Å². The van der Waals surface area contributed by atoms with Crippen LogP contribution in [0, 0.1) is 11.8 Å². The first-order valence-corrected chi connectivity index (χ1v) is 6.47. The van der Waals surface area contributed by atoms with E-state index in [4.69, 9.17) is 5.11 Å². The predicted octanol–water partition coefficient (Wildman–Crippen LogP) is 1.19. The summed E-state index contributed by atoms with van der Waals surface area (Å²) in [6.07, 6.45) is 4.61. The third-order valence-corrected chi connectivity index (χ3v) is 3.71. The zero-order valence-corrected chi connectivity index (χ0v) is 11.0. The molecule has 0 aliphatic carbocycles. The molecule has 0 aromatic carbocycles. The van der Waals surface area contributed by atoms with Crippen molar-refractivity contribution in [2.75, 3.05) is 13.1 Å². The maximum atomic E-state index is 11.9. The minimum Gasteiger partial charge on any atom is -0.481 e. The number of aryl methyl sites for hydroxylation is 1. The lowest BCUT2D eigenvalue weighted by atomic mass is 9.87. The van der Waals surface area contributed by atoms with Crippen LogP contribution in [0.15, 0.2) is 24.5 Å². The van der Waals surface area contributed by atoms with Gasteiger partial charge in [-0.1, -0.05) is 13.0 Å². The van der Waals surface area contributed by atoms with Crippen molar-refractivity contribution in [3.63, 3.8) is 0 Å². The summed E-state index contributed by atoms with van der Waals surface area (Å²) in [5, 5.41) is 8.88. The van der Waals surface area contributed by atoms with Gasteiger partial charge in [0.05, 0.1) is 5.92 Å². The Balaban J connectivity index is 1.73. The van der Waals surface area contributed by atoms with E-state index in [1.54, 1.807) is 24.2 Å². The third kappa shape index (κ3) is 3.30. The molecule has 2 heterocycles. The highest BCUT2D eigenvalue weighted by molar-refractivity contribution is 5.78. The molecule has 1 aromatic rings. The second kappa shape index (κ2) is 5.82. The maximum Gasteiger partial charge on any atom is 0.306 e. The van der Waals surface area contributed by atoms with Gasteiger partial charge in [-0.05, 0) is 18.1 Å². The van der Waals surface area contributed by atoms with Crippen LogP contribution in [0.1, 0.15) is 18.9 Å². The van der Waals surface area contributed by atoms with E-state index in [1.165, 1.54) is 0 Å². The number of aromatic nitrogens is 1. The van der Waals surface area contributed by atoms with Crippen molar-refractivity contribution in [1.29, 1.82) is 0 Å². The zero-order valence-electron chi connectivity index (χ0n) is 11.0. The number of hydrogen-bond acceptors (Lipinski definition) is 3. The molecule has 5 heteroatoms. The van der Waals surface area contributed by atoms with Gasteiger partial charge >= 0.3 is 5.97 Å². The minimum atomic E-state index is -0.785. The number of carboxylic acid groups (broad SMARTS) is 1. The lowest BCUT2D eigenvalue weighted by Crippen LogP contribution is -2.53. The molecule has 1 fully saturated rings. The van der Waals surface area contributed by atoms with Gasteiger partial charge in [0, 0.05) is 37.8 Å². The normalized spacial score (nSPS) is 16.8. The summed E-state index contributed by atoms with van der Waals surface area (Å²) < 4.78 is 0. The molecular formula is C14H18N2O3. The van der Waals surface area contributed by atoms with Gasteiger partial charge in [0.1, 0.15) is 0 Å². The first kappa shape index (κ1) is 13.5. The van der Waals surface area contributed by atoms with Crippen molar-refractivity contribution < 1.29 is 14.7 Å². The molecule has 19 heavy (non-hydrogen) atoms. The molecule has 102 valence electrons. The average Bonchev–Trinajstić information content (AvgIpc) is 2.35. The molecule has 1 unspecified atom stereocenters. The van der Waals surface area contributed by atoms with E-state index in [2.05, 4.69) is 4.98 Å². The van der Waals surface area contributed by atoms with Crippen molar-refractivity contribution in [2.24, 2.45) is 11.8 Å². The van der Waals surface area contributed by atoms with Crippen molar-refractivity contribution in [3.05, 3.63) is 30.1 Å². The van der Waals surface area contributed by atoms with Crippen LogP contribution >= 0.6 is 0 Å². The fourth-order valence-corrected chi connectivity index (χ4v) is 2.19. The molecule has 0 radical (unpaired) electrons. The Bertz CT molecular complexity index is 455. The summed E-state index contributed by atoms with van der Waals surface area (Å²) in [4.78, 5) is 28.4. The summed E-state index contributed by atoms with van der Waals surface area (Å²) in [6, 6.07) is 3.81. The third-order valence-electron chi connectivity index (χ3n) is 3.71. The first-order valence-electron chi connectivity index (χ1n) is 6.47. The number of likely N-dealkylation sites (tertiary alicyclic amines) is 1. The molecule has 1 atom stereocenters. The number of nitrogens with zero attached hydrogens (tertiary/aromatic N) is 2. The second-order valence-electron chi connectivity index (χ2n) is 5.05. The molecule has 1 saturated heterocycles.